The Morgan fingerprint density at radius 2 is 2.00 bits per heavy atom. The van der Waals surface area contributed by atoms with Gasteiger partial charge in [0.15, 0.2) is 0 Å². The van der Waals surface area contributed by atoms with Crippen molar-refractivity contribution in [3.05, 3.63) is 64.2 Å². The Kier molecular flexibility index (Phi) is 7.46. The number of amides is 1. The summed E-state index contributed by atoms with van der Waals surface area (Å²) in [6.07, 6.45) is 0.922. The molecule has 0 saturated carbocycles. The first-order chi connectivity index (χ1) is 12.5. The maximum atomic E-state index is 12.4. The highest BCUT2D eigenvalue weighted by Gasteiger charge is 2.15. The maximum Gasteiger partial charge on any atom is 0.255 e. The summed E-state index contributed by atoms with van der Waals surface area (Å²) in [4.78, 5) is 12.4. The molecule has 1 atom stereocenters. The van der Waals surface area contributed by atoms with Crippen LogP contribution in [0.15, 0.2) is 42.5 Å². The third-order valence-corrected chi connectivity index (χ3v) is 4.26. The number of carbonyl (C=O) groups is 1. The second-order valence-corrected chi connectivity index (χ2v) is 6.35. The van der Waals surface area contributed by atoms with Gasteiger partial charge in [0.2, 0.25) is 0 Å². The molecule has 1 unspecified atom stereocenters. The van der Waals surface area contributed by atoms with E-state index in [1.807, 2.05) is 24.3 Å². The summed E-state index contributed by atoms with van der Waals surface area (Å²) in [6, 6.07) is 15.4. The molecule has 2 rings (SSSR count). The van der Waals surface area contributed by atoms with Crippen molar-refractivity contribution in [1.29, 1.82) is 5.26 Å². The topological polar surface area (TPSA) is 74.1 Å². The van der Waals surface area contributed by atoms with Crippen LogP contribution in [0.2, 0.25) is 5.02 Å². The Hall–Kier alpha value is -2.55. The van der Waals surface area contributed by atoms with E-state index in [2.05, 4.69) is 29.7 Å². The summed E-state index contributed by atoms with van der Waals surface area (Å²) in [5.74, 6) is 0.0458. The summed E-state index contributed by atoms with van der Waals surface area (Å²) < 4.78 is 5.19. The van der Waals surface area contributed by atoms with Gasteiger partial charge in [-0.15, -0.1) is 0 Å². The highest BCUT2D eigenvalue weighted by Crippen LogP contribution is 2.26. The number of hydrogen-bond acceptors (Lipinski definition) is 4. The number of nitrogens with one attached hydrogen (secondary N) is 2. The zero-order chi connectivity index (χ0) is 18.9. The molecule has 6 heteroatoms. The molecule has 26 heavy (non-hydrogen) atoms. The average Bonchev–Trinajstić information content (AvgIpc) is 2.65. The highest BCUT2D eigenvalue weighted by atomic mass is 35.5. The van der Waals surface area contributed by atoms with Crippen molar-refractivity contribution in [1.82, 2.24) is 10.6 Å². The van der Waals surface area contributed by atoms with Crippen molar-refractivity contribution < 1.29 is 9.53 Å². The van der Waals surface area contributed by atoms with E-state index in [0.717, 1.165) is 6.42 Å². The van der Waals surface area contributed by atoms with Crippen LogP contribution in [0.3, 0.4) is 0 Å². The number of hydrogen-bond donors (Lipinski definition) is 2. The molecule has 0 saturated heterocycles. The fourth-order valence-electron chi connectivity index (χ4n) is 2.62. The Morgan fingerprint density at radius 1 is 1.27 bits per heavy atom. The fourth-order valence-corrected chi connectivity index (χ4v) is 2.81. The van der Waals surface area contributed by atoms with Crippen molar-refractivity contribution in [2.45, 2.75) is 19.4 Å². The number of benzene rings is 2. The molecule has 0 aliphatic rings. The number of ether oxygens (including phenoxy) is 1. The summed E-state index contributed by atoms with van der Waals surface area (Å²) in [7, 11) is 1.46. The lowest BCUT2D eigenvalue weighted by Crippen LogP contribution is -2.36. The Bertz CT molecular complexity index is 788. The number of nitrogens with zero attached hydrogens (tertiary/aromatic N) is 1. The van der Waals surface area contributed by atoms with Gasteiger partial charge < -0.3 is 15.4 Å². The molecular weight excluding hydrogens is 350 g/mol. The van der Waals surface area contributed by atoms with E-state index >= 15 is 0 Å². The van der Waals surface area contributed by atoms with Gasteiger partial charge in [-0.25, -0.2) is 0 Å². The molecule has 0 spiro atoms. The minimum Gasteiger partial charge on any atom is -0.496 e. The van der Waals surface area contributed by atoms with Crippen LogP contribution in [0.25, 0.3) is 0 Å². The number of nitriles is 1. The normalized spacial score (nSPS) is 11.5. The Morgan fingerprint density at radius 3 is 2.65 bits per heavy atom. The molecule has 1 amide bonds. The zero-order valence-electron chi connectivity index (χ0n) is 14.9. The molecule has 0 aliphatic carbocycles. The van der Waals surface area contributed by atoms with E-state index in [4.69, 9.17) is 21.6 Å². The monoisotopic (exact) mass is 371 g/mol. The number of methoxy groups -OCH3 is 1. The minimum atomic E-state index is -0.299. The second kappa shape index (κ2) is 9.81. The van der Waals surface area contributed by atoms with Crippen molar-refractivity contribution in [2.75, 3.05) is 20.2 Å². The minimum absolute atomic E-state index is 0.243. The van der Waals surface area contributed by atoms with E-state index < -0.39 is 0 Å². The first kappa shape index (κ1) is 19.8. The molecule has 0 heterocycles. The van der Waals surface area contributed by atoms with Gasteiger partial charge in [0.25, 0.3) is 5.91 Å². The lowest BCUT2D eigenvalue weighted by molar-refractivity contribution is 0.0950. The Labute approximate surface area is 158 Å². The quantitative estimate of drug-likeness (QED) is 0.699. The number of carbonyl (C=O) groups excluding carboxylic acids is 1. The maximum absolute atomic E-state index is 12.4. The van der Waals surface area contributed by atoms with Crippen LogP contribution < -0.4 is 15.4 Å². The van der Waals surface area contributed by atoms with Crippen LogP contribution >= 0.6 is 11.6 Å². The van der Waals surface area contributed by atoms with E-state index in [1.54, 1.807) is 0 Å². The largest absolute Gasteiger partial charge is 0.496 e. The molecule has 2 aromatic rings. The van der Waals surface area contributed by atoms with Crippen molar-refractivity contribution in [3.63, 3.8) is 0 Å². The predicted octanol–water partition coefficient (Wildman–Crippen LogP) is 3.17. The van der Waals surface area contributed by atoms with Gasteiger partial charge in [-0.3, -0.25) is 4.79 Å². The third-order valence-electron chi connectivity index (χ3n) is 3.94. The summed E-state index contributed by atoms with van der Waals surface area (Å²) >= 11 is 5.97. The van der Waals surface area contributed by atoms with Crippen LogP contribution in [0.4, 0.5) is 0 Å². The van der Waals surface area contributed by atoms with Crippen LogP contribution in [-0.2, 0) is 6.42 Å². The third kappa shape index (κ3) is 5.48. The van der Waals surface area contributed by atoms with Crippen LogP contribution in [0.1, 0.15) is 28.4 Å². The molecule has 0 aliphatic heterocycles. The van der Waals surface area contributed by atoms with Gasteiger partial charge in [0.05, 0.1) is 23.3 Å². The van der Waals surface area contributed by atoms with Crippen molar-refractivity contribution in [2.24, 2.45) is 0 Å². The fraction of sp³-hybridized carbons (Fsp3) is 0.300. The molecule has 2 aromatic carbocycles. The summed E-state index contributed by atoms with van der Waals surface area (Å²) in [6.45, 7) is 3.21. The van der Waals surface area contributed by atoms with Gasteiger partial charge in [-0.05, 0) is 25.0 Å². The molecule has 0 aromatic heterocycles. The number of halogens is 1. The second-order valence-electron chi connectivity index (χ2n) is 5.94. The average molecular weight is 372 g/mol. The van der Waals surface area contributed by atoms with E-state index in [1.165, 1.54) is 24.8 Å². The van der Waals surface area contributed by atoms with Crippen molar-refractivity contribution in [3.8, 4) is 11.8 Å². The Balaban J connectivity index is 1.84. The van der Waals surface area contributed by atoms with Gasteiger partial charge in [0.1, 0.15) is 11.8 Å². The molecule has 136 valence electrons. The van der Waals surface area contributed by atoms with Crippen LogP contribution in [-0.4, -0.2) is 32.1 Å². The number of rotatable bonds is 8. The molecule has 0 radical (unpaired) electrons. The first-order valence-corrected chi connectivity index (χ1v) is 8.76. The van der Waals surface area contributed by atoms with E-state index in [0.29, 0.717) is 30.4 Å². The van der Waals surface area contributed by atoms with E-state index in [9.17, 15) is 4.79 Å². The van der Waals surface area contributed by atoms with Crippen molar-refractivity contribution >= 4 is 17.5 Å². The molecule has 0 fully saturated rings. The van der Waals surface area contributed by atoms with E-state index in [-0.39, 0.29) is 16.5 Å². The van der Waals surface area contributed by atoms with Gasteiger partial charge in [-0.1, -0.05) is 41.9 Å². The predicted molar refractivity (Wildman–Crippen MR) is 103 cm³/mol. The SMILES string of the molecule is COc1cc(Cl)c(C#N)cc1C(=O)NCCNC(C)Cc1ccccc1. The smallest absolute Gasteiger partial charge is 0.255 e. The summed E-state index contributed by atoms with van der Waals surface area (Å²) in [5, 5.41) is 15.5. The van der Waals surface area contributed by atoms with Gasteiger partial charge in [0, 0.05) is 25.2 Å². The zero-order valence-corrected chi connectivity index (χ0v) is 15.6. The first-order valence-electron chi connectivity index (χ1n) is 8.38. The lowest BCUT2D eigenvalue weighted by atomic mass is 10.1. The van der Waals surface area contributed by atoms with Gasteiger partial charge >= 0.3 is 0 Å². The summed E-state index contributed by atoms with van der Waals surface area (Å²) in [5.41, 5.74) is 1.81. The molecule has 0 bridgehead atoms. The standard InChI is InChI=1S/C20H22ClN3O2/c1-14(10-15-6-4-3-5-7-15)23-8-9-24-20(25)17-11-16(13-22)18(21)12-19(17)26-2/h3-7,11-12,14,23H,8-10H2,1-2H3,(H,24,25). The van der Waals surface area contributed by atoms with Crippen LogP contribution in [0, 0.1) is 11.3 Å². The van der Waals surface area contributed by atoms with Crippen LogP contribution in [0.5, 0.6) is 5.75 Å². The molecular formula is C20H22ClN3O2. The lowest BCUT2D eigenvalue weighted by Gasteiger charge is -2.15. The van der Waals surface area contributed by atoms with Gasteiger partial charge in [-0.2, -0.15) is 5.26 Å². The molecule has 5 nitrogen and oxygen atoms in total. The molecule has 2 N–H and O–H groups in total. The highest BCUT2D eigenvalue weighted by molar-refractivity contribution is 6.32.